The lowest BCUT2D eigenvalue weighted by Gasteiger charge is -2.18. The molecule has 0 spiro atoms. The zero-order valence-corrected chi connectivity index (χ0v) is 13.8. The standard InChI is InChI=1S/C17H14BrClN2/c1-11(21-16-9-13(18)10-20-17(16)19)14-8-4-6-12-5-2-3-7-15(12)14/h2-11,21H,1H3. The quantitative estimate of drug-likeness (QED) is 0.594. The average Bonchev–Trinajstić information content (AvgIpc) is 2.50. The predicted molar refractivity (Wildman–Crippen MR) is 92.9 cm³/mol. The molecular formula is C17H14BrClN2. The molecule has 0 aliphatic carbocycles. The van der Waals surface area contributed by atoms with Gasteiger partial charge in [0.1, 0.15) is 0 Å². The Labute approximate surface area is 137 Å². The Morgan fingerprint density at radius 2 is 1.90 bits per heavy atom. The summed E-state index contributed by atoms with van der Waals surface area (Å²) in [6, 6.07) is 16.8. The molecule has 1 unspecified atom stereocenters. The van der Waals surface area contributed by atoms with Crippen LogP contribution in [0.2, 0.25) is 5.15 Å². The van der Waals surface area contributed by atoms with Crippen LogP contribution in [-0.2, 0) is 0 Å². The summed E-state index contributed by atoms with van der Waals surface area (Å²) in [6.07, 6.45) is 1.69. The van der Waals surface area contributed by atoms with Gasteiger partial charge in [0, 0.05) is 16.7 Å². The van der Waals surface area contributed by atoms with Crippen LogP contribution >= 0.6 is 27.5 Å². The van der Waals surface area contributed by atoms with Gasteiger partial charge in [-0.1, -0.05) is 54.1 Å². The van der Waals surface area contributed by atoms with Crippen LogP contribution in [0.4, 0.5) is 5.69 Å². The van der Waals surface area contributed by atoms with Gasteiger partial charge in [-0.05, 0) is 45.3 Å². The molecule has 1 atom stereocenters. The molecule has 4 heteroatoms. The smallest absolute Gasteiger partial charge is 0.152 e. The normalized spacial score (nSPS) is 12.3. The fourth-order valence-corrected chi connectivity index (χ4v) is 2.95. The van der Waals surface area contributed by atoms with Gasteiger partial charge in [-0.25, -0.2) is 4.98 Å². The summed E-state index contributed by atoms with van der Waals surface area (Å²) in [5.41, 5.74) is 2.07. The molecule has 1 heterocycles. The lowest BCUT2D eigenvalue weighted by atomic mass is 9.99. The zero-order chi connectivity index (χ0) is 14.8. The second-order valence-electron chi connectivity index (χ2n) is 4.93. The summed E-state index contributed by atoms with van der Waals surface area (Å²) in [5, 5.41) is 6.40. The first kappa shape index (κ1) is 14.4. The monoisotopic (exact) mass is 360 g/mol. The largest absolute Gasteiger partial charge is 0.376 e. The van der Waals surface area contributed by atoms with Gasteiger partial charge >= 0.3 is 0 Å². The van der Waals surface area contributed by atoms with Gasteiger partial charge in [0.25, 0.3) is 0 Å². The third-order valence-corrected chi connectivity index (χ3v) is 4.20. The molecule has 106 valence electrons. The molecule has 1 aromatic heterocycles. The number of halogens is 2. The van der Waals surface area contributed by atoms with E-state index in [2.05, 4.69) is 75.6 Å². The van der Waals surface area contributed by atoms with E-state index < -0.39 is 0 Å². The lowest BCUT2D eigenvalue weighted by molar-refractivity contribution is 0.892. The third-order valence-electron chi connectivity index (χ3n) is 3.47. The van der Waals surface area contributed by atoms with Gasteiger partial charge in [-0.3, -0.25) is 0 Å². The molecule has 0 saturated carbocycles. The van der Waals surface area contributed by atoms with Gasteiger partial charge in [0.05, 0.1) is 5.69 Å². The first-order valence-corrected chi connectivity index (χ1v) is 7.87. The van der Waals surface area contributed by atoms with E-state index >= 15 is 0 Å². The van der Waals surface area contributed by atoms with Crippen LogP contribution in [0.25, 0.3) is 10.8 Å². The van der Waals surface area contributed by atoms with Crippen molar-refractivity contribution in [3.63, 3.8) is 0 Å². The molecule has 0 radical (unpaired) electrons. The number of fused-ring (bicyclic) bond motifs is 1. The third kappa shape index (κ3) is 3.04. The maximum atomic E-state index is 6.15. The number of pyridine rings is 1. The molecule has 1 N–H and O–H groups in total. The Hall–Kier alpha value is -1.58. The highest BCUT2D eigenvalue weighted by molar-refractivity contribution is 9.10. The number of nitrogens with zero attached hydrogens (tertiary/aromatic N) is 1. The molecule has 21 heavy (non-hydrogen) atoms. The summed E-state index contributed by atoms with van der Waals surface area (Å²) in [4.78, 5) is 4.14. The summed E-state index contributed by atoms with van der Waals surface area (Å²) in [6.45, 7) is 2.12. The van der Waals surface area contributed by atoms with E-state index in [1.54, 1.807) is 6.20 Å². The predicted octanol–water partition coefficient (Wildman–Crippen LogP) is 5.82. The number of hydrogen-bond donors (Lipinski definition) is 1. The second kappa shape index (κ2) is 6.04. The highest BCUT2D eigenvalue weighted by Gasteiger charge is 2.11. The Balaban J connectivity index is 1.97. The van der Waals surface area contributed by atoms with E-state index in [4.69, 9.17) is 11.6 Å². The minimum Gasteiger partial charge on any atom is -0.376 e. The van der Waals surface area contributed by atoms with Crippen LogP contribution in [0.1, 0.15) is 18.5 Å². The number of aromatic nitrogens is 1. The van der Waals surface area contributed by atoms with E-state index in [-0.39, 0.29) is 6.04 Å². The Kier molecular flexibility index (Phi) is 4.13. The van der Waals surface area contributed by atoms with E-state index in [1.165, 1.54) is 16.3 Å². The second-order valence-corrected chi connectivity index (χ2v) is 6.20. The van der Waals surface area contributed by atoms with E-state index in [0.29, 0.717) is 5.15 Å². The minimum atomic E-state index is 0.129. The Morgan fingerprint density at radius 1 is 1.14 bits per heavy atom. The zero-order valence-electron chi connectivity index (χ0n) is 11.5. The van der Waals surface area contributed by atoms with Crippen molar-refractivity contribution in [2.45, 2.75) is 13.0 Å². The van der Waals surface area contributed by atoms with Crippen molar-refractivity contribution < 1.29 is 0 Å². The molecular weight excluding hydrogens is 348 g/mol. The first-order chi connectivity index (χ1) is 10.1. The number of hydrogen-bond acceptors (Lipinski definition) is 2. The maximum absolute atomic E-state index is 6.15. The number of rotatable bonds is 3. The average molecular weight is 362 g/mol. The van der Waals surface area contributed by atoms with Crippen LogP contribution in [0.3, 0.4) is 0 Å². The number of nitrogens with one attached hydrogen (secondary N) is 1. The molecule has 2 nitrogen and oxygen atoms in total. The van der Waals surface area contributed by atoms with E-state index in [1.807, 2.05) is 6.07 Å². The highest BCUT2D eigenvalue weighted by Crippen LogP contribution is 2.30. The van der Waals surface area contributed by atoms with Crippen LogP contribution in [0, 0.1) is 0 Å². The molecule has 3 rings (SSSR count). The maximum Gasteiger partial charge on any atom is 0.152 e. The van der Waals surface area contributed by atoms with E-state index in [9.17, 15) is 0 Å². The summed E-state index contributed by atoms with van der Waals surface area (Å²) < 4.78 is 0.902. The minimum absolute atomic E-state index is 0.129. The summed E-state index contributed by atoms with van der Waals surface area (Å²) in [5.74, 6) is 0. The van der Waals surface area contributed by atoms with Crippen molar-refractivity contribution in [1.82, 2.24) is 4.98 Å². The Bertz CT molecular complexity index is 783. The first-order valence-electron chi connectivity index (χ1n) is 6.70. The number of anilines is 1. The highest BCUT2D eigenvalue weighted by atomic mass is 79.9. The molecule has 0 aliphatic heterocycles. The molecule has 0 bridgehead atoms. The van der Waals surface area contributed by atoms with Gasteiger partial charge in [-0.2, -0.15) is 0 Å². The van der Waals surface area contributed by atoms with Crippen molar-refractivity contribution >= 4 is 44.0 Å². The van der Waals surface area contributed by atoms with Gasteiger partial charge in [-0.15, -0.1) is 0 Å². The van der Waals surface area contributed by atoms with E-state index in [0.717, 1.165) is 10.2 Å². The molecule has 0 amide bonds. The van der Waals surface area contributed by atoms with Crippen LogP contribution in [-0.4, -0.2) is 4.98 Å². The van der Waals surface area contributed by atoms with Crippen molar-refractivity contribution in [2.24, 2.45) is 0 Å². The van der Waals surface area contributed by atoms with Crippen LogP contribution in [0.15, 0.2) is 59.2 Å². The van der Waals surface area contributed by atoms with Crippen molar-refractivity contribution in [3.8, 4) is 0 Å². The van der Waals surface area contributed by atoms with Crippen molar-refractivity contribution in [1.29, 1.82) is 0 Å². The van der Waals surface area contributed by atoms with Crippen molar-refractivity contribution in [2.75, 3.05) is 5.32 Å². The topological polar surface area (TPSA) is 24.9 Å². The SMILES string of the molecule is CC(Nc1cc(Br)cnc1Cl)c1cccc2ccccc12. The molecule has 0 saturated heterocycles. The van der Waals surface area contributed by atoms with Crippen LogP contribution in [0.5, 0.6) is 0 Å². The van der Waals surface area contributed by atoms with Crippen molar-refractivity contribution in [3.05, 3.63) is 69.9 Å². The molecule has 0 fully saturated rings. The fourth-order valence-electron chi connectivity index (χ4n) is 2.46. The number of benzene rings is 2. The van der Waals surface area contributed by atoms with Gasteiger partial charge in [0.2, 0.25) is 0 Å². The molecule has 0 aliphatic rings. The summed E-state index contributed by atoms with van der Waals surface area (Å²) in [7, 11) is 0. The molecule has 3 aromatic rings. The Morgan fingerprint density at radius 3 is 2.76 bits per heavy atom. The van der Waals surface area contributed by atoms with Gasteiger partial charge < -0.3 is 5.32 Å². The fraction of sp³-hybridized carbons (Fsp3) is 0.118. The lowest BCUT2D eigenvalue weighted by Crippen LogP contribution is -2.08. The van der Waals surface area contributed by atoms with Gasteiger partial charge in [0.15, 0.2) is 5.15 Å². The van der Waals surface area contributed by atoms with Crippen LogP contribution < -0.4 is 5.32 Å². The molecule has 2 aromatic carbocycles. The summed E-state index contributed by atoms with van der Waals surface area (Å²) >= 11 is 9.57.